The first-order chi connectivity index (χ1) is 8.08. The minimum absolute atomic E-state index is 0.0402. The lowest BCUT2D eigenvalue weighted by molar-refractivity contribution is -0.384. The standard InChI is InChI=1S/C12H6Cl2NO2/c13-9-3-6-12(14)11(7-9)8-1-4-10(5-2-8)15(16)17/h1-2,4-7H. The Kier molecular flexibility index (Phi) is 3.31. The van der Waals surface area contributed by atoms with Gasteiger partial charge < -0.3 is 0 Å². The molecule has 0 heterocycles. The molecule has 17 heavy (non-hydrogen) atoms. The quantitative estimate of drug-likeness (QED) is 0.599. The molecule has 0 saturated heterocycles. The number of benzene rings is 2. The molecule has 0 bridgehead atoms. The van der Waals surface area contributed by atoms with Crippen molar-refractivity contribution in [2.45, 2.75) is 0 Å². The van der Waals surface area contributed by atoms with E-state index in [1.54, 1.807) is 24.3 Å². The summed E-state index contributed by atoms with van der Waals surface area (Å²) in [4.78, 5) is 10.1. The van der Waals surface area contributed by atoms with Crippen LogP contribution in [0.15, 0.2) is 36.4 Å². The molecule has 0 aromatic heterocycles. The van der Waals surface area contributed by atoms with Gasteiger partial charge in [-0.2, -0.15) is 0 Å². The summed E-state index contributed by atoms with van der Waals surface area (Å²) in [5, 5.41) is 11.5. The van der Waals surface area contributed by atoms with Crippen LogP contribution in [-0.4, -0.2) is 4.92 Å². The summed E-state index contributed by atoms with van der Waals surface area (Å²) in [6, 6.07) is 12.1. The highest BCUT2D eigenvalue weighted by atomic mass is 35.5. The molecule has 0 unspecified atom stereocenters. The molecular formula is C12H6Cl2NO2. The third-order valence-electron chi connectivity index (χ3n) is 2.25. The van der Waals surface area contributed by atoms with E-state index in [1.807, 2.05) is 0 Å². The number of nitrogens with zero attached hydrogens (tertiary/aromatic N) is 1. The average molecular weight is 267 g/mol. The minimum Gasteiger partial charge on any atom is -0.258 e. The van der Waals surface area contributed by atoms with Gasteiger partial charge in [0.1, 0.15) is 0 Å². The van der Waals surface area contributed by atoms with Crippen LogP contribution in [0.4, 0.5) is 5.69 Å². The van der Waals surface area contributed by atoms with Gasteiger partial charge in [-0.05, 0) is 29.8 Å². The first-order valence-electron chi connectivity index (χ1n) is 4.69. The molecule has 2 aromatic carbocycles. The molecule has 85 valence electrons. The third-order valence-corrected chi connectivity index (χ3v) is 2.79. The Hall–Kier alpha value is -1.58. The zero-order valence-corrected chi connectivity index (χ0v) is 10.00. The number of rotatable bonds is 2. The van der Waals surface area contributed by atoms with Crippen molar-refractivity contribution < 1.29 is 4.92 Å². The molecule has 0 aliphatic carbocycles. The van der Waals surface area contributed by atoms with Crippen molar-refractivity contribution in [2.75, 3.05) is 0 Å². The molecule has 0 atom stereocenters. The van der Waals surface area contributed by atoms with Crippen molar-refractivity contribution in [3.05, 3.63) is 62.6 Å². The van der Waals surface area contributed by atoms with Crippen molar-refractivity contribution in [2.24, 2.45) is 0 Å². The average Bonchev–Trinajstić information content (AvgIpc) is 2.32. The highest BCUT2D eigenvalue weighted by molar-refractivity contribution is 6.35. The lowest BCUT2D eigenvalue weighted by Crippen LogP contribution is -1.87. The fourth-order valence-electron chi connectivity index (χ4n) is 1.43. The van der Waals surface area contributed by atoms with Crippen molar-refractivity contribution in [1.82, 2.24) is 0 Å². The molecule has 0 N–H and O–H groups in total. The van der Waals surface area contributed by atoms with Gasteiger partial charge in [0.05, 0.1) is 4.92 Å². The van der Waals surface area contributed by atoms with Gasteiger partial charge in [-0.15, -0.1) is 0 Å². The Morgan fingerprint density at radius 1 is 1.18 bits per heavy atom. The van der Waals surface area contributed by atoms with Crippen LogP contribution in [0, 0.1) is 16.2 Å². The van der Waals surface area contributed by atoms with Gasteiger partial charge >= 0.3 is 0 Å². The number of nitro groups is 1. The molecule has 0 aliphatic heterocycles. The predicted octanol–water partition coefficient (Wildman–Crippen LogP) is 4.37. The first kappa shape index (κ1) is 11.9. The van der Waals surface area contributed by atoms with Crippen LogP contribution < -0.4 is 0 Å². The van der Waals surface area contributed by atoms with Crippen LogP contribution in [0.1, 0.15) is 0 Å². The van der Waals surface area contributed by atoms with E-state index in [2.05, 4.69) is 6.07 Å². The monoisotopic (exact) mass is 266 g/mol. The molecule has 2 aromatic rings. The van der Waals surface area contributed by atoms with E-state index in [4.69, 9.17) is 23.2 Å². The fraction of sp³-hybridized carbons (Fsp3) is 0. The molecule has 5 heteroatoms. The van der Waals surface area contributed by atoms with E-state index >= 15 is 0 Å². The van der Waals surface area contributed by atoms with Gasteiger partial charge in [0.25, 0.3) is 5.69 Å². The van der Waals surface area contributed by atoms with E-state index < -0.39 is 4.92 Å². The van der Waals surface area contributed by atoms with Crippen molar-refractivity contribution >= 4 is 28.9 Å². The van der Waals surface area contributed by atoms with Crippen molar-refractivity contribution in [3.8, 4) is 11.1 Å². The summed E-state index contributed by atoms with van der Waals surface area (Å²) >= 11 is 11.8. The maximum absolute atomic E-state index is 10.5. The van der Waals surface area contributed by atoms with Crippen LogP contribution in [0.25, 0.3) is 11.1 Å². The number of non-ortho nitro benzene ring substituents is 1. The Bertz CT molecular complexity index is 567. The van der Waals surface area contributed by atoms with Crippen LogP contribution in [0.5, 0.6) is 0 Å². The summed E-state index contributed by atoms with van der Waals surface area (Å²) in [5.41, 5.74) is 1.54. The molecule has 3 nitrogen and oxygen atoms in total. The second-order valence-electron chi connectivity index (χ2n) is 3.35. The van der Waals surface area contributed by atoms with E-state index in [9.17, 15) is 10.1 Å². The third kappa shape index (κ3) is 2.57. The first-order valence-corrected chi connectivity index (χ1v) is 5.45. The van der Waals surface area contributed by atoms with E-state index in [0.29, 0.717) is 10.0 Å². The molecule has 0 saturated carbocycles. The zero-order chi connectivity index (χ0) is 12.4. The van der Waals surface area contributed by atoms with Crippen molar-refractivity contribution in [1.29, 1.82) is 0 Å². The molecule has 0 aliphatic rings. The lowest BCUT2D eigenvalue weighted by Gasteiger charge is -2.04. The fourth-order valence-corrected chi connectivity index (χ4v) is 1.81. The van der Waals surface area contributed by atoms with Crippen LogP contribution >= 0.6 is 23.2 Å². The summed E-state index contributed by atoms with van der Waals surface area (Å²) in [7, 11) is 0. The normalized spacial score (nSPS) is 10.2. The van der Waals surface area contributed by atoms with Gasteiger partial charge in [-0.1, -0.05) is 23.2 Å². The number of hydrogen-bond acceptors (Lipinski definition) is 2. The Morgan fingerprint density at radius 3 is 2.41 bits per heavy atom. The maximum Gasteiger partial charge on any atom is 0.269 e. The molecule has 0 spiro atoms. The zero-order valence-electron chi connectivity index (χ0n) is 8.48. The van der Waals surface area contributed by atoms with E-state index in [-0.39, 0.29) is 5.69 Å². The van der Waals surface area contributed by atoms with Crippen LogP contribution in [0.3, 0.4) is 0 Å². The summed E-state index contributed by atoms with van der Waals surface area (Å²) in [6.07, 6.45) is 0. The number of hydrogen-bond donors (Lipinski definition) is 0. The SMILES string of the molecule is O=[N+]([O-])c1ccc(-c2cc(Cl)[c]cc2Cl)cc1. The van der Waals surface area contributed by atoms with E-state index in [0.717, 1.165) is 11.1 Å². The molecular weight excluding hydrogens is 261 g/mol. The molecule has 0 fully saturated rings. The predicted molar refractivity (Wildman–Crippen MR) is 67.4 cm³/mol. The number of nitro benzene ring substituents is 1. The lowest BCUT2D eigenvalue weighted by atomic mass is 10.1. The highest BCUT2D eigenvalue weighted by Crippen LogP contribution is 2.31. The van der Waals surface area contributed by atoms with Crippen LogP contribution in [0.2, 0.25) is 10.0 Å². The Balaban J connectivity index is 2.46. The van der Waals surface area contributed by atoms with Gasteiger partial charge in [0, 0.05) is 33.8 Å². The molecule has 2 rings (SSSR count). The topological polar surface area (TPSA) is 43.1 Å². The largest absolute Gasteiger partial charge is 0.269 e. The van der Waals surface area contributed by atoms with E-state index in [1.165, 1.54) is 12.1 Å². The van der Waals surface area contributed by atoms with Crippen LogP contribution in [-0.2, 0) is 0 Å². The minimum atomic E-state index is -0.447. The second kappa shape index (κ2) is 4.73. The Labute approximate surface area is 108 Å². The van der Waals surface area contributed by atoms with Crippen molar-refractivity contribution in [3.63, 3.8) is 0 Å². The van der Waals surface area contributed by atoms with Gasteiger partial charge in [-0.25, -0.2) is 0 Å². The van der Waals surface area contributed by atoms with Gasteiger partial charge in [0.15, 0.2) is 0 Å². The summed E-state index contributed by atoms with van der Waals surface area (Å²) < 4.78 is 0. The highest BCUT2D eigenvalue weighted by Gasteiger charge is 2.08. The number of halogens is 2. The molecule has 1 radical (unpaired) electrons. The van der Waals surface area contributed by atoms with Gasteiger partial charge in [0.2, 0.25) is 0 Å². The maximum atomic E-state index is 10.5. The molecule has 0 amide bonds. The van der Waals surface area contributed by atoms with Gasteiger partial charge in [-0.3, -0.25) is 10.1 Å². The summed E-state index contributed by atoms with van der Waals surface area (Å²) in [5.74, 6) is 0. The summed E-state index contributed by atoms with van der Waals surface area (Å²) in [6.45, 7) is 0. The smallest absolute Gasteiger partial charge is 0.258 e. The second-order valence-corrected chi connectivity index (χ2v) is 4.16. The Morgan fingerprint density at radius 2 is 1.82 bits per heavy atom.